The monoisotopic (exact) mass is 389 g/mol. The van der Waals surface area contributed by atoms with Crippen LogP contribution in [-0.4, -0.2) is 20.8 Å². The van der Waals surface area contributed by atoms with E-state index >= 15 is 0 Å². The Morgan fingerprint density at radius 2 is 2.10 bits per heavy atom. The van der Waals surface area contributed by atoms with Gasteiger partial charge in [0, 0.05) is 5.56 Å². The summed E-state index contributed by atoms with van der Waals surface area (Å²) in [5.41, 5.74) is 2.17. The number of hydrogen-bond donors (Lipinski definition) is 1. The van der Waals surface area contributed by atoms with E-state index in [0.29, 0.717) is 16.5 Å². The van der Waals surface area contributed by atoms with Crippen LogP contribution in [0.2, 0.25) is 5.02 Å². The minimum atomic E-state index is 0.0240. The van der Waals surface area contributed by atoms with Crippen molar-refractivity contribution in [2.45, 2.75) is 13.0 Å². The summed E-state index contributed by atoms with van der Waals surface area (Å²) in [6.45, 7) is 2.91. The van der Waals surface area contributed by atoms with Gasteiger partial charge in [-0.15, -0.1) is 11.3 Å². The fourth-order valence-electron chi connectivity index (χ4n) is 2.23. The molecule has 0 aliphatic heterocycles. The summed E-state index contributed by atoms with van der Waals surface area (Å²) in [5, 5.41) is 6.09. The van der Waals surface area contributed by atoms with Gasteiger partial charge in [-0.3, -0.25) is 0 Å². The van der Waals surface area contributed by atoms with Crippen molar-refractivity contribution in [1.29, 1.82) is 0 Å². The van der Waals surface area contributed by atoms with Crippen LogP contribution in [0.3, 0.4) is 0 Å². The molecule has 0 bridgehead atoms. The van der Waals surface area contributed by atoms with Gasteiger partial charge in [0.1, 0.15) is 16.5 Å². The lowest BCUT2D eigenvalue weighted by molar-refractivity contribution is 0.388. The topological polar surface area (TPSA) is 30.5 Å². The van der Waals surface area contributed by atoms with Crippen molar-refractivity contribution in [2.75, 3.05) is 20.8 Å². The zero-order valence-electron chi connectivity index (χ0n) is 12.1. The zero-order valence-corrected chi connectivity index (χ0v) is 15.2. The molecule has 0 amide bonds. The summed E-state index contributed by atoms with van der Waals surface area (Å²) in [4.78, 5) is 0. The third kappa shape index (κ3) is 3.54. The highest BCUT2D eigenvalue weighted by molar-refractivity contribution is 9.11. The van der Waals surface area contributed by atoms with Gasteiger partial charge in [-0.1, -0.05) is 18.5 Å². The van der Waals surface area contributed by atoms with E-state index in [9.17, 15) is 0 Å². The minimum Gasteiger partial charge on any atom is -0.495 e. The maximum Gasteiger partial charge on any atom is 0.146 e. The lowest BCUT2D eigenvalue weighted by Gasteiger charge is -2.21. The van der Waals surface area contributed by atoms with Crippen molar-refractivity contribution in [1.82, 2.24) is 5.32 Å². The van der Waals surface area contributed by atoms with E-state index in [4.69, 9.17) is 21.1 Å². The summed E-state index contributed by atoms with van der Waals surface area (Å²) in [7, 11) is 3.22. The molecule has 2 aromatic rings. The van der Waals surface area contributed by atoms with E-state index < -0.39 is 0 Å². The lowest BCUT2D eigenvalue weighted by atomic mass is 10.00. The standard InChI is InChI=1S/C15H17BrClNO2S/c1-4-18-14(9-7-12(16)21-8-9)10-5-6-11(19-2)13(17)15(10)20-3/h5-8,14,18H,4H2,1-3H3. The van der Waals surface area contributed by atoms with Crippen molar-refractivity contribution >= 4 is 38.9 Å². The largest absolute Gasteiger partial charge is 0.495 e. The summed E-state index contributed by atoms with van der Waals surface area (Å²) in [6, 6.07) is 5.99. The molecular weight excluding hydrogens is 374 g/mol. The van der Waals surface area contributed by atoms with Crippen LogP contribution >= 0.6 is 38.9 Å². The molecule has 114 valence electrons. The Hall–Kier alpha value is -0.750. The van der Waals surface area contributed by atoms with Crippen molar-refractivity contribution in [3.63, 3.8) is 0 Å². The summed E-state index contributed by atoms with van der Waals surface area (Å²) in [6.07, 6.45) is 0. The Kier molecular flexibility index (Phi) is 5.93. The normalized spacial score (nSPS) is 12.2. The molecule has 0 radical (unpaired) electrons. The Balaban J connectivity index is 2.52. The van der Waals surface area contributed by atoms with Crippen molar-refractivity contribution in [3.8, 4) is 11.5 Å². The molecule has 1 unspecified atom stereocenters. The highest BCUT2D eigenvalue weighted by Crippen LogP contribution is 2.41. The second-order valence-corrected chi connectivity index (χ2v) is 7.05. The first kappa shape index (κ1) is 16.6. The van der Waals surface area contributed by atoms with E-state index in [0.717, 1.165) is 15.9 Å². The predicted octanol–water partition coefficient (Wildman–Crippen LogP) is 4.88. The summed E-state index contributed by atoms with van der Waals surface area (Å²) in [5.74, 6) is 1.25. The van der Waals surface area contributed by atoms with Gasteiger partial charge in [0.2, 0.25) is 0 Å². The molecule has 0 aliphatic carbocycles. The first-order valence-electron chi connectivity index (χ1n) is 6.50. The van der Waals surface area contributed by atoms with Gasteiger partial charge in [0.15, 0.2) is 0 Å². The maximum atomic E-state index is 6.37. The minimum absolute atomic E-state index is 0.0240. The molecule has 0 fully saturated rings. The molecule has 0 saturated heterocycles. The Labute approximate surface area is 142 Å². The van der Waals surface area contributed by atoms with E-state index in [-0.39, 0.29) is 6.04 Å². The average Bonchev–Trinajstić information content (AvgIpc) is 2.91. The number of hydrogen-bond acceptors (Lipinski definition) is 4. The van der Waals surface area contributed by atoms with Crippen molar-refractivity contribution < 1.29 is 9.47 Å². The van der Waals surface area contributed by atoms with Crippen LogP contribution in [0.4, 0.5) is 0 Å². The SMILES string of the molecule is CCNC(c1csc(Br)c1)c1ccc(OC)c(Cl)c1OC. The third-order valence-corrected chi connectivity index (χ3v) is 5.04. The number of halogens is 2. The van der Waals surface area contributed by atoms with Crippen LogP contribution in [-0.2, 0) is 0 Å². The van der Waals surface area contributed by atoms with Crippen LogP contribution in [0.15, 0.2) is 27.4 Å². The molecule has 1 aromatic carbocycles. The number of rotatable bonds is 6. The van der Waals surface area contributed by atoms with Gasteiger partial charge < -0.3 is 14.8 Å². The van der Waals surface area contributed by atoms with E-state index in [1.165, 1.54) is 5.56 Å². The molecule has 0 spiro atoms. The summed E-state index contributed by atoms with van der Waals surface area (Å²) < 4.78 is 11.9. The predicted molar refractivity (Wildman–Crippen MR) is 92.1 cm³/mol. The van der Waals surface area contributed by atoms with Crippen molar-refractivity contribution in [2.24, 2.45) is 0 Å². The van der Waals surface area contributed by atoms with Gasteiger partial charge >= 0.3 is 0 Å². The van der Waals surface area contributed by atoms with Gasteiger partial charge in [-0.25, -0.2) is 0 Å². The Morgan fingerprint density at radius 3 is 2.62 bits per heavy atom. The number of nitrogens with one attached hydrogen (secondary N) is 1. The van der Waals surface area contributed by atoms with Crippen LogP contribution in [0.25, 0.3) is 0 Å². The molecule has 1 heterocycles. The van der Waals surface area contributed by atoms with Crippen LogP contribution in [0.5, 0.6) is 11.5 Å². The first-order valence-corrected chi connectivity index (χ1v) is 8.55. The van der Waals surface area contributed by atoms with Crippen LogP contribution in [0.1, 0.15) is 24.1 Å². The fraction of sp³-hybridized carbons (Fsp3) is 0.333. The molecule has 2 rings (SSSR count). The second kappa shape index (κ2) is 7.49. The third-order valence-electron chi connectivity index (χ3n) is 3.16. The highest BCUT2D eigenvalue weighted by Gasteiger charge is 2.22. The Bertz CT molecular complexity index is 618. The van der Waals surface area contributed by atoms with Gasteiger partial charge in [0.05, 0.1) is 24.0 Å². The molecule has 6 heteroatoms. The van der Waals surface area contributed by atoms with Crippen molar-refractivity contribution in [3.05, 3.63) is 43.5 Å². The molecule has 1 aromatic heterocycles. The van der Waals surface area contributed by atoms with E-state index in [1.54, 1.807) is 25.6 Å². The maximum absolute atomic E-state index is 6.37. The molecular formula is C15H17BrClNO2S. The number of thiophene rings is 1. The molecule has 21 heavy (non-hydrogen) atoms. The van der Waals surface area contributed by atoms with Crippen LogP contribution < -0.4 is 14.8 Å². The smallest absolute Gasteiger partial charge is 0.146 e. The summed E-state index contributed by atoms with van der Waals surface area (Å²) >= 11 is 11.5. The molecule has 1 N–H and O–H groups in total. The second-order valence-electron chi connectivity index (χ2n) is 4.38. The highest BCUT2D eigenvalue weighted by atomic mass is 79.9. The number of methoxy groups -OCH3 is 2. The molecule has 3 nitrogen and oxygen atoms in total. The van der Waals surface area contributed by atoms with E-state index in [2.05, 4.69) is 39.6 Å². The number of benzene rings is 1. The van der Waals surface area contributed by atoms with Gasteiger partial charge in [-0.05, 0) is 51.6 Å². The zero-order chi connectivity index (χ0) is 15.4. The molecule has 0 saturated carbocycles. The van der Waals surface area contributed by atoms with Gasteiger partial charge in [0.25, 0.3) is 0 Å². The quantitative estimate of drug-likeness (QED) is 0.762. The Morgan fingerprint density at radius 1 is 1.33 bits per heavy atom. The van der Waals surface area contributed by atoms with E-state index in [1.807, 2.05) is 12.1 Å². The first-order chi connectivity index (χ1) is 10.1. The van der Waals surface area contributed by atoms with Crippen LogP contribution in [0, 0.1) is 0 Å². The molecule has 0 aliphatic rings. The fourth-order valence-corrected chi connectivity index (χ4v) is 3.76. The molecule has 1 atom stereocenters. The number of ether oxygens (including phenoxy) is 2. The van der Waals surface area contributed by atoms with Gasteiger partial charge in [-0.2, -0.15) is 0 Å². The average molecular weight is 391 g/mol. The lowest BCUT2D eigenvalue weighted by Crippen LogP contribution is -2.22.